The monoisotopic (exact) mass is 383 g/mol. The van der Waals surface area contributed by atoms with Crippen molar-refractivity contribution in [2.75, 3.05) is 36.4 Å². The van der Waals surface area contributed by atoms with Gasteiger partial charge in [-0.1, -0.05) is 26.0 Å². The normalized spacial score (nSPS) is 14.3. The lowest BCUT2D eigenvalue weighted by atomic mass is 10.0. The smallest absolute Gasteiger partial charge is 0.233 e. The van der Waals surface area contributed by atoms with Crippen LogP contribution in [0.25, 0.3) is 0 Å². The molecule has 28 heavy (non-hydrogen) atoms. The van der Waals surface area contributed by atoms with Gasteiger partial charge in [0.05, 0.1) is 0 Å². The van der Waals surface area contributed by atoms with Crippen LogP contribution in [0.2, 0.25) is 0 Å². The van der Waals surface area contributed by atoms with E-state index in [1.165, 1.54) is 17.7 Å². The minimum absolute atomic E-state index is 0.164. The molecule has 1 fully saturated rings. The van der Waals surface area contributed by atoms with E-state index < -0.39 is 0 Å². The molecule has 2 aromatic carbocycles. The summed E-state index contributed by atoms with van der Waals surface area (Å²) in [6.45, 7) is 6.65. The second kappa shape index (κ2) is 8.87. The van der Waals surface area contributed by atoms with Gasteiger partial charge >= 0.3 is 0 Å². The van der Waals surface area contributed by atoms with Crippen LogP contribution < -0.4 is 10.2 Å². The molecular weight excluding hydrogens is 357 g/mol. The van der Waals surface area contributed by atoms with Gasteiger partial charge in [0.25, 0.3) is 0 Å². The van der Waals surface area contributed by atoms with Crippen molar-refractivity contribution in [2.45, 2.75) is 26.2 Å². The molecule has 6 heteroatoms. The predicted octanol–water partition coefficient (Wildman–Crippen LogP) is 3.63. The number of carbonyl (C=O) groups is 2. The summed E-state index contributed by atoms with van der Waals surface area (Å²) in [5.74, 6) is -0.305. The van der Waals surface area contributed by atoms with E-state index in [0.29, 0.717) is 37.8 Å². The first-order valence-electron chi connectivity index (χ1n) is 9.60. The average molecular weight is 383 g/mol. The van der Waals surface area contributed by atoms with Crippen LogP contribution in [0, 0.1) is 5.82 Å². The van der Waals surface area contributed by atoms with Crippen LogP contribution in [0.5, 0.6) is 0 Å². The van der Waals surface area contributed by atoms with E-state index in [2.05, 4.69) is 24.1 Å². The molecule has 0 unspecified atom stereocenters. The summed E-state index contributed by atoms with van der Waals surface area (Å²) in [5.41, 5.74) is 2.84. The first-order valence-corrected chi connectivity index (χ1v) is 9.60. The number of nitrogens with one attached hydrogen (secondary N) is 1. The number of halogens is 1. The minimum Gasteiger partial charge on any atom is -0.368 e. The molecule has 2 amide bonds. The van der Waals surface area contributed by atoms with E-state index in [4.69, 9.17) is 0 Å². The van der Waals surface area contributed by atoms with Gasteiger partial charge in [-0.25, -0.2) is 4.39 Å². The lowest BCUT2D eigenvalue weighted by Crippen LogP contribution is -2.49. The molecule has 0 saturated carbocycles. The van der Waals surface area contributed by atoms with Crippen LogP contribution in [-0.2, 0) is 9.59 Å². The Labute approximate surface area is 165 Å². The van der Waals surface area contributed by atoms with E-state index in [0.717, 1.165) is 5.69 Å². The zero-order valence-corrected chi connectivity index (χ0v) is 16.3. The molecule has 0 spiro atoms. The maximum absolute atomic E-state index is 13.0. The van der Waals surface area contributed by atoms with Gasteiger partial charge in [-0.05, 0) is 47.9 Å². The van der Waals surface area contributed by atoms with Crippen molar-refractivity contribution < 1.29 is 14.0 Å². The van der Waals surface area contributed by atoms with Crippen molar-refractivity contribution in [3.63, 3.8) is 0 Å². The third-order valence-electron chi connectivity index (χ3n) is 5.00. The Hall–Kier alpha value is -2.89. The third-order valence-corrected chi connectivity index (χ3v) is 5.00. The lowest BCUT2D eigenvalue weighted by molar-refractivity contribution is -0.134. The Morgan fingerprint density at radius 1 is 0.964 bits per heavy atom. The van der Waals surface area contributed by atoms with E-state index in [1.807, 2.05) is 24.3 Å². The van der Waals surface area contributed by atoms with Crippen molar-refractivity contribution in [2.24, 2.45) is 0 Å². The molecule has 1 saturated heterocycles. The van der Waals surface area contributed by atoms with Crippen LogP contribution in [-0.4, -0.2) is 42.9 Å². The summed E-state index contributed by atoms with van der Waals surface area (Å²) in [5, 5.41) is 2.79. The maximum atomic E-state index is 13.0. The molecule has 0 aromatic heterocycles. The van der Waals surface area contributed by atoms with Gasteiger partial charge < -0.3 is 15.1 Å². The maximum Gasteiger partial charge on any atom is 0.233 e. The molecule has 2 aromatic rings. The lowest BCUT2D eigenvalue weighted by Gasteiger charge is -2.36. The average Bonchev–Trinajstić information content (AvgIpc) is 2.69. The molecule has 0 radical (unpaired) electrons. The highest BCUT2D eigenvalue weighted by Crippen LogP contribution is 2.19. The van der Waals surface area contributed by atoms with Crippen LogP contribution >= 0.6 is 0 Å². The second-order valence-corrected chi connectivity index (χ2v) is 7.35. The fourth-order valence-electron chi connectivity index (χ4n) is 3.27. The molecule has 0 aliphatic carbocycles. The quantitative estimate of drug-likeness (QED) is 0.803. The molecular formula is C22H26FN3O2. The molecule has 5 nitrogen and oxygen atoms in total. The van der Waals surface area contributed by atoms with Crippen LogP contribution in [0.15, 0.2) is 48.5 Å². The molecule has 3 rings (SSSR count). The molecule has 1 N–H and O–H groups in total. The first kappa shape index (κ1) is 19.9. The Kier molecular flexibility index (Phi) is 6.29. The van der Waals surface area contributed by atoms with E-state index in [-0.39, 0.29) is 24.1 Å². The molecule has 148 valence electrons. The Balaban J connectivity index is 1.47. The number of hydrogen-bond donors (Lipinski definition) is 1. The van der Waals surface area contributed by atoms with E-state index in [1.54, 1.807) is 17.0 Å². The highest BCUT2D eigenvalue weighted by Gasteiger charge is 2.23. The summed E-state index contributed by atoms with van der Waals surface area (Å²) < 4.78 is 13.0. The number of rotatable bonds is 5. The summed E-state index contributed by atoms with van der Waals surface area (Å²) in [4.78, 5) is 28.4. The van der Waals surface area contributed by atoms with Crippen LogP contribution in [0.1, 0.15) is 31.7 Å². The second-order valence-electron chi connectivity index (χ2n) is 7.35. The van der Waals surface area contributed by atoms with Gasteiger partial charge in [0.1, 0.15) is 12.2 Å². The number of anilines is 2. The first-order chi connectivity index (χ1) is 13.4. The molecule has 0 atom stereocenters. The fraction of sp³-hybridized carbons (Fsp3) is 0.364. The van der Waals surface area contributed by atoms with Gasteiger partial charge in [-0.15, -0.1) is 0 Å². The Morgan fingerprint density at radius 3 is 2.14 bits per heavy atom. The topological polar surface area (TPSA) is 52.7 Å². The van der Waals surface area contributed by atoms with E-state index >= 15 is 0 Å². The highest BCUT2D eigenvalue weighted by molar-refractivity contribution is 6.03. The molecule has 1 aliphatic rings. The van der Waals surface area contributed by atoms with Crippen molar-refractivity contribution in [1.82, 2.24) is 4.90 Å². The molecule has 1 aliphatic heterocycles. The Bertz CT molecular complexity index is 811. The number of amides is 2. The van der Waals surface area contributed by atoms with Gasteiger partial charge in [-0.3, -0.25) is 9.59 Å². The number of hydrogen-bond acceptors (Lipinski definition) is 3. The predicted molar refractivity (Wildman–Crippen MR) is 109 cm³/mol. The van der Waals surface area contributed by atoms with Crippen molar-refractivity contribution >= 4 is 23.2 Å². The van der Waals surface area contributed by atoms with E-state index in [9.17, 15) is 14.0 Å². The van der Waals surface area contributed by atoms with Gasteiger partial charge in [0.2, 0.25) is 11.8 Å². The number of carbonyl (C=O) groups excluding carboxylic acids is 2. The highest BCUT2D eigenvalue weighted by atomic mass is 19.1. The zero-order chi connectivity index (χ0) is 20.1. The van der Waals surface area contributed by atoms with Gasteiger partial charge in [0, 0.05) is 37.6 Å². The number of nitrogens with zero attached hydrogens (tertiary/aromatic N) is 2. The van der Waals surface area contributed by atoms with Gasteiger partial charge in [-0.2, -0.15) is 0 Å². The van der Waals surface area contributed by atoms with Crippen molar-refractivity contribution in [3.8, 4) is 0 Å². The fourth-order valence-corrected chi connectivity index (χ4v) is 3.27. The zero-order valence-electron chi connectivity index (χ0n) is 16.3. The van der Waals surface area contributed by atoms with Crippen LogP contribution in [0.3, 0.4) is 0 Å². The molecule has 1 heterocycles. The van der Waals surface area contributed by atoms with Gasteiger partial charge in [0.15, 0.2) is 0 Å². The summed E-state index contributed by atoms with van der Waals surface area (Å²) in [6, 6.07) is 14.0. The number of benzene rings is 2. The Morgan fingerprint density at radius 2 is 1.57 bits per heavy atom. The summed E-state index contributed by atoms with van der Waals surface area (Å²) >= 11 is 0. The summed E-state index contributed by atoms with van der Waals surface area (Å²) in [7, 11) is 0. The SMILES string of the molecule is CC(C)c1ccc(NC(=O)CC(=O)N2CCN(c3ccc(F)cc3)CC2)cc1. The third kappa shape index (κ3) is 5.09. The van der Waals surface area contributed by atoms with Crippen molar-refractivity contribution in [1.29, 1.82) is 0 Å². The largest absolute Gasteiger partial charge is 0.368 e. The summed E-state index contributed by atoms with van der Waals surface area (Å²) in [6.07, 6.45) is -0.164. The van der Waals surface area contributed by atoms with Crippen molar-refractivity contribution in [3.05, 3.63) is 59.9 Å². The standard InChI is InChI=1S/C22H26FN3O2/c1-16(2)17-3-7-19(8-4-17)24-21(27)15-22(28)26-13-11-25(12-14-26)20-9-5-18(23)6-10-20/h3-10,16H,11-15H2,1-2H3,(H,24,27). The molecule has 0 bridgehead atoms. The minimum atomic E-state index is -0.303. The number of piperazine rings is 1. The van der Waals surface area contributed by atoms with Crippen LogP contribution in [0.4, 0.5) is 15.8 Å².